The molecule has 0 radical (unpaired) electrons. The zero-order valence-corrected chi connectivity index (χ0v) is 12.3. The molecule has 1 aromatic carbocycles. The molecule has 19 heavy (non-hydrogen) atoms. The Labute approximate surface area is 121 Å². The van der Waals surface area contributed by atoms with Gasteiger partial charge in [0.2, 0.25) is 10.0 Å². The maximum Gasteiger partial charge on any atom is 0.241 e. The smallest absolute Gasteiger partial charge is 0.241 e. The lowest BCUT2D eigenvalue weighted by Gasteiger charge is -2.12. The summed E-state index contributed by atoms with van der Waals surface area (Å²) >= 11 is 11.6. The van der Waals surface area contributed by atoms with Crippen molar-refractivity contribution < 1.29 is 12.8 Å². The third kappa shape index (κ3) is 3.30. The van der Waals surface area contributed by atoms with Gasteiger partial charge in [-0.05, 0) is 37.3 Å². The van der Waals surface area contributed by atoms with Crippen molar-refractivity contribution in [3.63, 3.8) is 0 Å². The summed E-state index contributed by atoms with van der Waals surface area (Å²) < 4.78 is 31.9. The average molecular weight is 320 g/mol. The second kappa shape index (κ2) is 5.54. The lowest BCUT2D eigenvalue weighted by atomic mass is 10.3. The van der Waals surface area contributed by atoms with Crippen molar-refractivity contribution in [3.05, 3.63) is 52.4 Å². The molecule has 1 aromatic heterocycles. The number of nitrogens with one attached hydrogen (secondary N) is 1. The summed E-state index contributed by atoms with van der Waals surface area (Å²) in [5, 5.41) is 0.495. The molecule has 1 heterocycles. The molecule has 1 N–H and O–H groups in total. The van der Waals surface area contributed by atoms with Gasteiger partial charge in [0, 0.05) is 0 Å². The van der Waals surface area contributed by atoms with E-state index in [0.717, 1.165) is 0 Å². The first-order valence-corrected chi connectivity index (χ1v) is 7.65. The van der Waals surface area contributed by atoms with Gasteiger partial charge in [0.05, 0.1) is 27.2 Å². The summed E-state index contributed by atoms with van der Waals surface area (Å²) in [5.41, 5.74) is 0. The van der Waals surface area contributed by atoms with Crippen molar-refractivity contribution in [3.8, 4) is 0 Å². The van der Waals surface area contributed by atoms with E-state index in [-0.39, 0.29) is 9.92 Å². The molecule has 0 aliphatic heterocycles. The molecule has 0 saturated heterocycles. The van der Waals surface area contributed by atoms with Gasteiger partial charge in [-0.15, -0.1) is 0 Å². The Balaban J connectivity index is 2.25. The fourth-order valence-corrected chi connectivity index (χ4v) is 3.14. The highest BCUT2D eigenvalue weighted by Crippen LogP contribution is 2.25. The van der Waals surface area contributed by atoms with E-state index in [9.17, 15) is 8.42 Å². The Morgan fingerprint density at radius 2 is 1.95 bits per heavy atom. The minimum atomic E-state index is -3.68. The van der Waals surface area contributed by atoms with E-state index < -0.39 is 16.1 Å². The van der Waals surface area contributed by atoms with Crippen LogP contribution in [0, 0.1) is 0 Å². The molecule has 2 aromatic rings. The van der Waals surface area contributed by atoms with Gasteiger partial charge in [-0.25, -0.2) is 13.1 Å². The zero-order chi connectivity index (χ0) is 14.0. The molecule has 0 spiro atoms. The standard InChI is InChI=1S/C12H11Cl2NO3S/c1-8(12-3-2-6-18-12)15-19(16,17)9-4-5-10(13)11(14)7-9/h2-8,15H,1H3. The predicted octanol–water partition coefficient (Wildman–Crippen LogP) is 3.63. The first-order chi connectivity index (χ1) is 8.90. The molecule has 7 heteroatoms. The number of hydrogen-bond donors (Lipinski definition) is 1. The summed E-state index contributed by atoms with van der Waals surface area (Å²) in [6, 6.07) is 7.05. The molecule has 0 fully saturated rings. The molecule has 1 unspecified atom stereocenters. The van der Waals surface area contributed by atoms with Crippen LogP contribution in [0.15, 0.2) is 45.9 Å². The zero-order valence-electron chi connectivity index (χ0n) is 9.93. The van der Waals surface area contributed by atoms with Gasteiger partial charge >= 0.3 is 0 Å². The number of furan rings is 1. The fourth-order valence-electron chi connectivity index (χ4n) is 1.54. The summed E-state index contributed by atoms with van der Waals surface area (Å²) in [4.78, 5) is 0.0558. The minimum Gasteiger partial charge on any atom is -0.468 e. The highest BCUT2D eigenvalue weighted by molar-refractivity contribution is 7.89. The second-order valence-electron chi connectivity index (χ2n) is 3.93. The Hall–Kier alpha value is -1.01. The molecule has 0 aliphatic carbocycles. The van der Waals surface area contributed by atoms with E-state index >= 15 is 0 Å². The largest absolute Gasteiger partial charge is 0.468 e. The second-order valence-corrected chi connectivity index (χ2v) is 6.46. The van der Waals surface area contributed by atoms with E-state index in [2.05, 4.69) is 4.72 Å². The number of rotatable bonds is 4. The highest BCUT2D eigenvalue weighted by Gasteiger charge is 2.20. The third-order valence-corrected chi connectivity index (χ3v) is 4.78. The van der Waals surface area contributed by atoms with Gasteiger partial charge < -0.3 is 4.42 Å². The maximum absolute atomic E-state index is 12.1. The molecule has 0 bridgehead atoms. The van der Waals surface area contributed by atoms with E-state index in [0.29, 0.717) is 10.8 Å². The van der Waals surface area contributed by atoms with Gasteiger partial charge in [0.25, 0.3) is 0 Å². The van der Waals surface area contributed by atoms with Crippen molar-refractivity contribution in [1.82, 2.24) is 4.72 Å². The van der Waals surface area contributed by atoms with Crippen LogP contribution in [0.4, 0.5) is 0 Å². The normalized spacial score (nSPS) is 13.4. The van der Waals surface area contributed by atoms with Crippen LogP contribution in [-0.4, -0.2) is 8.42 Å². The minimum absolute atomic E-state index is 0.0558. The predicted molar refractivity (Wildman–Crippen MR) is 73.9 cm³/mol. The Bertz CT molecular complexity index is 668. The van der Waals surface area contributed by atoms with E-state index in [1.165, 1.54) is 24.5 Å². The Morgan fingerprint density at radius 1 is 1.21 bits per heavy atom. The Kier molecular flexibility index (Phi) is 4.20. The molecular formula is C12H11Cl2NO3S. The first kappa shape index (κ1) is 14.4. The highest BCUT2D eigenvalue weighted by atomic mass is 35.5. The van der Waals surface area contributed by atoms with Crippen LogP contribution < -0.4 is 4.72 Å². The number of benzene rings is 1. The quantitative estimate of drug-likeness (QED) is 0.936. The van der Waals surface area contributed by atoms with Crippen molar-refractivity contribution in [2.45, 2.75) is 17.9 Å². The number of sulfonamides is 1. The topological polar surface area (TPSA) is 59.3 Å². The molecule has 4 nitrogen and oxygen atoms in total. The van der Waals surface area contributed by atoms with Crippen LogP contribution in [0.25, 0.3) is 0 Å². The van der Waals surface area contributed by atoms with Crippen molar-refractivity contribution in [2.75, 3.05) is 0 Å². The van der Waals surface area contributed by atoms with Gasteiger partial charge in [0.1, 0.15) is 5.76 Å². The van der Waals surface area contributed by atoms with Crippen LogP contribution >= 0.6 is 23.2 Å². The van der Waals surface area contributed by atoms with Crippen molar-refractivity contribution in [2.24, 2.45) is 0 Å². The SMILES string of the molecule is CC(NS(=O)(=O)c1ccc(Cl)c(Cl)c1)c1ccco1. The van der Waals surface area contributed by atoms with Crippen molar-refractivity contribution in [1.29, 1.82) is 0 Å². The lowest BCUT2D eigenvalue weighted by Crippen LogP contribution is -2.26. The summed E-state index contributed by atoms with van der Waals surface area (Å²) in [7, 11) is -3.68. The molecule has 102 valence electrons. The Morgan fingerprint density at radius 3 is 2.53 bits per heavy atom. The van der Waals surface area contributed by atoms with Crippen LogP contribution in [0.2, 0.25) is 10.0 Å². The van der Waals surface area contributed by atoms with Gasteiger partial charge in [-0.2, -0.15) is 0 Å². The van der Waals surface area contributed by atoms with Crippen LogP contribution in [-0.2, 0) is 10.0 Å². The van der Waals surface area contributed by atoms with E-state index in [4.69, 9.17) is 27.6 Å². The van der Waals surface area contributed by atoms with Gasteiger partial charge in [0.15, 0.2) is 0 Å². The van der Waals surface area contributed by atoms with Crippen LogP contribution in [0.5, 0.6) is 0 Å². The number of halogens is 2. The van der Waals surface area contributed by atoms with Crippen LogP contribution in [0.3, 0.4) is 0 Å². The lowest BCUT2D eigenvalue weighted by molar-refractivity contribution is 0.459. The summed E-state index contributed by atoms with van der Waals surface area (Å²) in [6.07, 6.45) is 1.49. The maximum atomic E-state index is 12.1. The van der Waals surface area contributed by atoms with Gasteiger partial charge in [-0.3, -0.25) is 0 Å². The molecule has 2 rings (SSSR count). The third-order valence-electron chi connectivity index (χ3n) is 2.50. The van der Waals surface area contributed by atoms with Gasteiger partial charge in [-0.1, -0.05) is 23.2 Å². The molecule has 0 amide bonds. The van der Waals surface area contributed by atoms with E-state index in [1.807, 2.05) is 0 Å². The monoisotopic (exact) mass is 319 g/mol. The first-order valence-electron chi connectivity index (χ1n) is 5.41. The van der Waals surface area contributed by atoms with Crippen LogP contribution in [0.1, 0.15) is 18.7 Å². The molecule has 0 aliphatic rings. The molecule has 1 atom stereocenters. The number of hydrogen-bond acceptors (Lipinski definition) is 3. The fraction of sp³-hybridized carbons (Fsp3) is 0.167. The van der Waals surface area contributed by atoms with E-state index in [1.54, 1.807) is 19.1 Å². The molecular weight excluding hydrogens is 309 g/mol. The average Bonchev–Trinajstić information content (AvgIpc) is 2.85. The van der Waals surface area contributed by atoms with Crippen molar-refractivity contribution >= 4 is 33.2 Å². The summed E-state index contributed by atoms with van der Waals surface area (Å²) in [5.74, 6) is 0.531. The molecule has 0 saturated carbocycles. The summed E-state index contributed by atoms with van der Waals surface area (Å²) in [6.45, 7) is 1.69.